The minimum absolute atomic E-state index is 0.198. The molecule has 0 aliphatic carbocycles. The summed E-state index contributed by atoms with van der Waals surface area (Å²) in [5.41, 5.74) is 1.10. The van der Waals surface area contributed by atoms with Crippen LogP contribution in [0.2, 0.25) is 0 Å². The first-order valence-electron chi connectivity index (χ1n) is 5.36. The Hall–Kier alpha value is -1.20. The maximum absolute atomic E-state index is 3.98. The third-order valence-electron chi connectivity index (χ3n) is 2.50. The quantitative estimate of drug-likeness (QED) is 0.881. The Labute approximate surface area is 99.3 Å². The van der Waals surface area contributed by atoms with Gasteiger partial charge in [0.25, 0.3) is 0 Å². The van der Waals surface area contributed by atoms with Crippen molar-refractivity contribution in [1.82, 2.24) is 20.3 Å². The van der Waals surface area contributed by atoms with Crippen molar-refractivity contribution in [2.24, 2.45) is 7.05 Å². The van der Waals surface area contributed by atoms with Crippen molar-refractivity contribution < 1.29 is 0 Å². The molecule has 0 radical (unpaired) electrons. The fraction of sp³-hybridized carbons (Fsp3) is 0.455. The van der Waals surface area contributed by atoms with Crippen LogP contribution in [0, 0.1) is 6.92 Å². The Balaban J connectivity index is 2.34. The van der Waals surface area contributed by atoms with Gasteiger partial charge in [-0.3, -0.25) is 4.68 Å². The van der Waals surface area contributed by atoms with Gasteiger partial charge in [-0.25, -0.2) is 0 Å². The first-order valence-corrected chi connectivity index (χ1v) is 6.18. The lowest BCUT2D eigenvalue weighted by Crippen LogP contribution is -2.23. The molecule has 1 unspecified atom stereocenters. The lowest BCUT2D eigenvalue weighted by atomic mass is 10.2. The molecule has 2 aromatic rings. The summed E-state index contributed by atoms with van der Waals surface area (Å²) in [6, 6.07) is 4.51. The summed E-state index contributed by atoms with van der Waals surface area (Å²) in [5.74, 6) is 0. The van der Waals surface area contributed by atoms with Gasteiger partial charge in [0.05, 0.1) is 17.9 Å². The topological polar surface area (TPSA) is 42.7 Å². The fourth-order valence-electron chi connectivity index (χ4n) is 1.72. The normalized spacial score (nSPS) is 12.9. The first-order chi connectivity index (χ1) is 7.72. The van der Waals surface area contributed by atoms with E-state index in [4.69, 9.17) is 0 Å². The third kappa shape index (κ3) is 2.15. The second kappa shape index (κ2) is 4.76. The Kier molecular flexibility index (Phi) is 3.36. The van der Waals surface area contributed by atoms with E-state index < -0.39 is 0 Å². The average molecular weight is 236 g/mol. The predicted molar refractivity (Wildman–Crippen MR) is 65.6 cm³/mol. The van der Waals surface area contributed by atoms with Gasteiger partial charge in [0.2, 0.25) is 0 Å². The van der Waals surface area contributed by atoms with Gasteiger partial charge in [0.15, 0.2) is 0 Å². The number of thiophene rings is 1. The molecule has 0 saturated carbocycles. The van der Waals surface area contributed by atoms with Crippen LogP contribution in [0.5, 0.6) is 0 Å². The molecular formula is C11H16N4S. The van der Waals surface area contributed by atoms with E-state index >= 15 is 0 Å². The summed E-state index contributed by atoms with van der Waals surface area (Å²) < 4.78 is 1.82. The number of hydrogen-bond acceptors (Lipinski definition) is 4. The Morgan fingerprint density at radius 1 is 1.50 bits per heavy atom. The minimum Gasteiger partial charge on any atom is -0.305 e. The molecule has 4 nitrogen and oxygen atoms in total. The molecule has 16 heavy (non-hydrogen) atoms. The van der Waals surface area contributed by atoms with E-state index in [9.17, 15) is 0 Å². The van der Waals surface area contributed by atoms with E-state index in [2.05, 4.69) is 41.6 Å². The van der Waals surface area contributed by atoms with E-state index in [0.29, 0.717) is 0 Å². The number of nitrogens with one attached hydrogen (secondary N) is 1. The lowest BCUT2D eigenvalue weighted by molar-refractivity contribution is 0.574. The number of aryl methyl sites for hydroxylation is 2. The number of hydrogen-bond donors (Lipinski definition) is 1. The van der Waals surface area contributed by atoms with E-state index in [-0.39, 0.29) is 6.04 Å². The van der Waals surface area contributed by atoms with Gasteiger partial charge in [-0.2, -0.15) is 0 Å². The van der Waals surface area contributed by atoms with Gasteiger partial charge in [-0.05, 0) is 25.6 Å². The highest BCUT2D eigenvalue weighted by atomic mass is 32.1. The lowest BCUT2D eigenvalue weighted by Gasteiger charge is -2.15. The standard InChI is InChI=1S/C11H16N4S/c1-4-12-11(9-7-13-14-15(9)3)10-6-5-8(2)16-10/h5-7,11-12H,4H2,1-3H3. The number of aromatic nitrogens is 3. The smallest absolute Gasteiger partial charge is 0.0858 e. The zero-order valence-electron chi connectivity index (χ0n) is 9.77. The number of rotatable bonds is 4. The monoisotopic (exact) mass is 236 g/mol. The molecule has 0 aromatic carbocycles. The molecule has 0 aliphatic rings. The highest BCUT2D eigenvalue weighted by molar-refractivity contribution is 7.12. The summed E-state index contributed by atoms with van der Waals surface area (Å²) >= 11 is 1.81. The Morgan fingerprint density at radius 3 is 2.81 bits per heavy atom. The summed E-state index contributed by atoms with van der Waals surface area (Å²) in [6.45, 7) is 5.16. The SMILES string of the molecule is CCNC(c1ccc(C)s1)c1cnnn1C. The van der Waals surface area contributed by atoms with Crippen LogP contribution < -0.4 is 5.32 Å². The third-order valence-corrected chi connectivity index (χ3v) is 3.56. The van der Waals surface area contributed by atoms with Crippen molar-refractivity contribution in [2.45, 2.75) is 19.9 Å². The van der Waals surface area contributed by atoms with Crippen molar-refractivity contribution in [3.8, 4) is 0 Å². The van der Waals surface area contributed by atoms with Crippen molar-refractivity contribution in [3.05, 3.63) is 33.8 Å². The van der Waals surface area contributed by atoms with Crippen LogP contribution in [0.1, 0.15) is 28.4 Å². The van der Waals surface area contributed by atoms with Gasteiger partial charge in [0, 0.05) is 16.8 Å². The van der Waals surface area contributed by atoms with Crippen LogP contribution in [-0.2, 0) is 7.05 Å². The molecule has 1 atom stereocenters. The number of nitrogens with zero attached hydrogens (tertiary/aromatic N) is 3. The molecule has 1 N–H and O–H groups in total. The molecule has 0 spiro atoms. The largest absolute Gasteiger partial charge is 0.305 e. The van der Waals surface area contributed by atoms with E-state index in [0.717, 1.165) is 12.2 Å². The zero-order valence-corrected chi connectivity index (χ0v) is 10.6. The van der Waals surface area contributed by atoms with E-state index in [1.54, 1.807) is 0 Å². The summed E-state index contributed by atoms with van der Waals surface area (Å²) in [5, 5.41) is 11.4. The molecule has 2 rings (SSSR count). The molecule has 0 aliphatic heterocycles. The molecular weight excluding hydrogens is 220 g/mol. The second-order valence-corrected chi connectivity index (χ2v) is 5.04. The van der Waals surface area contributed by atoms with Crippen LogP contribution in [0.25, 0.3) is 0 Å². The second-order valence-electron chi connectivity index (χ2n) is 3.72. The van der Waals surface area contributed by atoms with Gasteiger partial charge in [0.1, 0.15) is 0 Å². The molecule has 0 fully saturated rings. The summed E-state index contributed by atoms with van der Waals surface area (Å²) in [7, 11) is 1.92. The summed E-state index contributed by atoms with van der Waals surface area (Å²) in [6.07, 6.45) is 1.82. The molecule has 86 valence electrons. The molecule has 5 heteroatoms. The van der Waals surface area contributed by atoms with Crippen molar-refractivity contribution in [2.75, 3.05) is 6.54 Å². The molecule has 2 aromatic heterocycles. The van der Waals surface area contributed by atoms with Crippen molar-refractivity contribution in [3.63, 3.8) is 0 Å². The fourth-order valence-corrected chi connectivity index (χ4v) is 2.69. The highest BCUT2D eigenvalue weighted by Crippen LogP contribution is 2.27. The molecule has 0 bridgehead atoms. The molecule has 0 saturated heterocycles. The Morgan fingerprint density at radius 2 is 2.31 bits per heavy atom. The summed E-state index contributed by atoms with van der Waals surface area (Å²) in [4.78, 5) is 2.64. The van der Waals surface area contributed by atoms with Gasteiger partial charge < -0.3 is 5.32 Å². The van der Waals surface area contributed by atoms with Crippen molar-refractivity contribution in [1.29, 1.82) is 0 Å². The maximum atomic E-state index is 3.98. The zero-order chi connectivity index (χ0) is 11.5. The predicted octanol–water partition coefficient (Wildman–Crippen LogP) is 1.88. The molecule has 0 amide bonds. The first kappa shape index (κ1) is 11.3. The van der Waals surface area contributed by atoms with Crippen molar-refractivity contribution >= 4 is 11.3 Å². The Bertz CT molecular complexity index is 460. The molecule has 2 heterocycles. The van der Waals surface area contributed by atoms with Crippen LogP contribution in [0.15, 0.2) is 18.3 Å². The van der Waals surface area contributed by atoms with Crippen LogP contribution in [0.4, 0.5) is 0 Å². The average Bonchev–Trinajstić information content (AvgIpc) is 2.84. The van der Waals surface area contributed by atoms with Crippen LogP contribution >= 0.6 is 11.3 Å². The van der Waals surface area contributed by atoms with E-state index in [1.165, 1.54) is 9.75 Å². The van der Waals surface area contributed by atoms with Gasteiger partial charge >= 0.3 is 0 Å². The van der Waals surface area contributed by atoms with E-state index in [1.807, 2.05) is 29.3 Å². The van der Waals surface area contributed by atoms with Crippen LogP contribution in [0.3, 0.4) is 0 Å². The van der Waals surface area contributed by atoms with Gasteiger partial charge in [-0.15, -0.1) is 16.4 Å². The maximum Gasteiger partial charge on any atom is 0.0858 e. The highest BCUT2D eigenvalue weighted by Gasteiger charge is 2.18. The van der Waals surface area contributed by atoms with Gasteiger partial charge in [-0.1, -0.05) is 12.1 Å². The minimum atomic E-state index is 0.198. The van der Waals surface area contributed by atoms with Crippen LogP contribution in [-0.4, -0.2) is 21.5 Å².